The number of amides is 3. The zero-order valence-corrected chi connectivity index (χ0v) is 16.8. The van der Waals surface area contributed by atoms with Crippen LogP contribution in [0.2, 0.25) is 0 Å². The van der Waals surface area contributed by atoms with Crippen LogP contribution in [0.3, 0.4) is 0 Å². The summed E-state index contributed by atoms with van der Waals surface area (Å²) in [6.07, 6.45) is 0.260. The summed E-state index contributed by atoms with van der Waals surface area (Å²) < 4.78 is -0.789. The van der Waals surface area contributed by atoms with E-state index >= 15 is 0 Å². The quantitative estimate of drug-likeness (QED) is 0.281. The summed E-state index contributed by atoms with van der Waals surface area (Å²) >= 11 is 4.38. The minimum Gasteiger partial charge on any atom is -0.357 e. The summed E-state index contributed by atoms with van der Waals surface area (Å²) in [7, 11) is 1.48. The lowest BCUT2D eigenvalue weighted by Crippen LogP contribution is -2.56. The van der Waals surface area contributed by atoms with E-state index in [-0.39, 0.29) is 23.9 Å². The van der Waals surface area contributed by atoms with Crippen molar-refractivity contribution in [1.29, 1.82) is 0 Å². The molecule has 0 radical (unpaired) electrons. The summed E-state index contributed by atoms with van der Waals surface area (Å²) in [6, 6.07) is -0.857. The first-order valence-corrected chi connectivity index (χ1v) is 8.67. The SMILES string of the molecule is C=C(C)N(O)C(=O)C[C@@H](CC(C)C)C(=O)NC(C(=O)NC)C(C)(C)S. The summed E-state index contributed by atoms with van der Waals surface area (Å²) in [5, 5.41) is 15.3. The van der Waals surface area contributed by atoms with Gasteiger partial charge in [-0.3, -0.25) is 19.6 Å². The lowest BCUT2D eigenvalue weighted by Gasteiger charge is -2.31. The molecule has 8 heteroatoms. The van der Waals surface area contributed by atoms with Crippen molar-refractivity contribution in [2.24, 2.45) is 11.8 Å². The lowest BCUT2D eigenvalue weighted by molar-refractivity contribution is -0.159. The molecule has 1 unspecified atom stereocenters. The Hall–Kier alpha value is -1.54. The van der Waals surface area contributed by atoms with Crippen molar-refractivity contribution in [2.45, 2.75) is 58.2 Å². The van der Waals surface area contributed by atoms with Crippen molar-refractivity contribution in [2.75, 3.05) is 7.05 Å². The van der Waals surface area contributed by atoms with Crippen LogP contribution in [0.4, 0.5) is 0 Å². The Labute approximate surface area is 155 Å². The van der Waals surface area contributed by atoms with Gasteiger partial charge in [-0.2, -0.15) is 17.7 Å². The number of hydrogen-bond acceptors (Lipinski definition) is 5. The number of likely N-dealkylation sites (N-methyl/N-ethyl adjacent to an activating group) is 1. The van der Waals surface area contributed by atoms with Gasteiger partial charge in [0.2, 0.25) is 11.8 Å². The summed E-state index contributed by atoms with van der Waals surface area (Å²) in [6.45, 7) is 12.3. The number of nitrogens with one attached hydrogen (secondary N) is 2. The predicted octanol–water partition coefficient (Wildman–Crippen LogP) is 1.73. The maximum atomic E-state index is 12.7. The third-order valence-corrected chi connectivity index (χ3v) is 3.91. The molecule has 2 atom stereocenters. The van der Waals surface area contributed by atoms with Gasteiger partial charge in [0.15, 0.2) is 0 Å². The fraction of sp³-hybridized carbons (Fsp3) is 0.706. The van der Waals surface area contributed by atoms with E-state index in [0.29, 0.717) is 11.5 Å². The van der Waals surface area contributed by atoms with Crippen LogP contribution >= 0.6 is 12.6 Å². The van der Waals surface area contributed by atoms with Gasteiger partial charge in [0.25, 0.3) is 5.91 Å². The number of carbonyl (C=O) groups is 3. The molecule has 3 N–H and O–H groups in total. The summed E-state index contributed by atoms with van der Waals surface area (Å²) in [4.78, 5) is 36.8. The highest BCUT2D eigenvalue weighted by Crippen LogP contribution is 2.22. The van der Waals surface area contributed by atoms with Gasteiger partial charge in [-0.25, -0.2) is 0 Å². The zero-order chi connectivity index (χ0) is 19.9. The first kappa shape index (κ1) is 23.5. The number of thiol groups is 1. The number of hydroxylamine groups is 2. The Morgan fingerprint density at radius 2 is 1.76 bits per heavy atom. The highest BCUT2D eigenvalue weighted by atomic mass is 32.1. The third-order valence-electron chi connectivity index (χ3n) is 3.65. The first-order valence-electron chi connectivity index (χ1n) is 8.22. The topological polar surface area (TPSA) is 98.7 Å². The average molecular weight is 374 g/mol. The van der Waals surface area contributed by atoms with Crippen LogP contribution in [-0.4, -0.2) is 45.8 Å². The molecule has 0 fully saturated rings. The fourth-order valence-corrected chi connectivity index (χ4v) is 2.51. The molecule has 0 aromatic carbocycles. The van der Waals surface area contributed by atoms with Crippen molar-refractivity contribution in [1.82, 2.24) is 15.7 Å². The monoisotopic (exact) mass is 373 g/mol. The molecule has 0 rings (SSSR count). The van der Waals surface area contributed by atoms with E-state index in [1.54, 1.807) is 13.8 Å². The first-order chi connectivity index (χ1) is 11.3. The molecule has 0 aliphatic carbocycles. The molecule has 0 spiro atoms. The van der Waals surface area contributed by atoms with Gasteiger partial charge in [0.05, 0.1) is 0 Å². The zero-order valence-electron chi connectivity index (χ0n) is 15.9. The standard InChI is InChI=1S/C17H31N3O4S/c1-10(2)8-12(9-13(21)20(24)11(3)4)15(22)19-14(16(23)18-7)17(5,6)25/h10,12,14,24-25H,3,8-9H2,1-2,4-7H3,(H,18,23)(H,19,22)/t12-,14?/m1/s1. The van der Waals surface area contributed by atoms with E-state index in [2.05, 4.69) is 29.8 Å². The van der Waals surface area contributed by atoms with Gasteiger partial charge in [0, 0.05) is 29.8 Å². The second kappa shape index (κ2) is 9.82. The third kappa shape index (κ3) is 7.92. The second-order valence-electron chi connectivity index (χ2n) is 7.18. The minimum absolute atomic E-state index is 0.156. The number of hydrogen-bond donors (Lipinski definition) is 4. The molecule has 0 heterocycles. The molecule has 0 saturated carbocycles. The Kier molecular flexibility index (Phi) is 9.21. The molecule has 0 bridgehead atoms. The van der Waals surface area contributed by atoms with Crippen LogP contribution in [0.15, 0.2) is 12.3 Å². The molecule has 0 saturated heterocycles. The van der Waals surface area contributed by atoms with Crippen LogP contribution in [-0.2, 0) is 14.4 Å². The van der Waals surface area contributed by atoms with Crippen LogP contribution in [0.25, 0.3) is 0 Å². The molecule has 25 heavy (non-hydrogen) atoms. The summed E-state index contributed by atoms with van der Waals surface area (Å²) in [5.74, 6) is -1.93. The normalized spacial score (nSPS) is 13.8. The Morgan fingerprint density at radius 1 is 1.24 bits per heavy atom. The number of rotatable bonds is 9. The fourth-order valence-electron chi connectivity index (χ4n) is 2.33. The Bertz CT molecular complexity index is 515. The van der Waals surface area contributed by atoms with Gasteiger partial charge in [0.1, 0.15) is 6.04 Å². The minimum atomic E-state index is -0.857. The van der Waals surface area contributed by atoms with Crippen molar-refractivity contribution in [3.8, 4) is 0 Å². The predicted molar refractivity (Wildman–Crippen MR) is 100 cm³/mol. The Morgan fingerprint density at radius 3 is 2.12 bits per heavy atom. The molecule has 3 amide bonds. The van der Waals surface area contributed by atoms with Crippen molar-refractivity contribution < 1.29 is 19.6 Å². The molecule has 144 valence electrons. The van der Waals surface area contributed by atoms with Crippen molar-refractivity contribution in [3.05, 3.63) is 12.3 Å². The summed E-state index contributed by atoms with van der Waals surface area (Å²) in [5.41, 5.74) is 0.174. The Balaban J connectivity index is 5.31. The van der Waals surface area contributed by atoms with Gasteiger partial charge in [-0.15, -0.1) is 0 Å². The maximum Gasteiger partial charge on any atom is 0.251 e. The highest BCUT2D eigenvalue weighted by molar-refractivity contribution is 7.81. The van der Waals surface area contributed by atoms with Crippen LogP contribution in [0.1, 0.15) is 47.5 Å². The molecule has 0 aromatic heterocycles. The second-order valence-corrected chi connectivity index (χ2v) is 8.33. The van der Waals surface area contributed by atoms with Gasteiger partial charge in [-0.05, 0) is 33.1 Å². The smallest absolute Gasteiger partial charge is 0.251 e. The van der Waals surface area contributed by atoms with Gasteiger partial charge < -0.3 is 10.6 Å². The number of allylic oxidation sites excluding steroid dienone is 1. The van der Waals surface area contributed by atoms with Crippen LogP contribution < -0.4 is 10.6 Å². The molecule has 0 aliphatic rings. The molecular formula is C17H31N3O4S. The van der Waals surface area contributed by atoms with Crippen molar-refractivity contribution >= 4 is 30.4 Å². The molecular weight excluding hydrogens is 342 g/mol. The largest absolute Gasteiger partial charge is 0.357 e. The van der Waals surface area contributed by atoms with Crippen molar-refractivity contribution in [3.63, 3.8) is 0 Å². The van der Waals surface area contributed by atoms with Gasteiger partial charge >= 0.3 is 0 Å². The van der Waals surface area contributed by atoms with E-state index in [1.165, 1.54) is 14.0 Å². The lowest BCUT2D eigenvalue weighted by atomic mass is 9.91. The van der Waals surface area contributed by atoms with E-state index in [4.69, 9.17) is 0 Å². The molecule has 7 nitrogen and oxygen atoms in total. The number of nitrogens with zero attached hydrogens (tertiary/aromatic N) is 1. The van der Waals surface area contributed by atoms with Crippen LogP contribution in [0, 0.1) is 11.8 Å². The van der Waals surface area contributed by atoms with E-state index < -0.39 is 28.5 Å². The highest BCUT2D eigenvalue weighted by Gasteiger charge is 2.35. The molecule has 0 aliphatic heterocycles. The van der Waals surface area contributed by atoms with E-state index in [0.717, 1.165) is 0 Å². The average Bonchev–Trinajstić information content (AvgIpc) is 2.48. The number of carbonyl (C=O) groups excluding carboxylic acids is 3. The molecule has 0 aromatic rings. The van der Waals surface area contributed by atoms with E-state index in [1.807, 2.05) is 13.8 Å². The van der Waals surface area contributed by atoms with Crippen LogP contribution in [0.5, 0.6) is 0 Å². The maximum absolute atomic E-state index is 12.7. The van der Waals surface area contributed by atoms with Gasteiger partial charge in [-0.1, -0.05) is 20.4 Å². The van der Waals surface area contributed by atoms with E-state index in [9.17, 15) is 19.6 Å².